The number of ketones is 1. The fourth-order valence-electron chi connectivity index (χ4n) is 3.58. The molecule has 31 heavy (non-hydrogen) atoms. The second-order valence-electron chi connectivity index (χ2n) is 8.02. The summed E-state index contributed by atoms with van der Waals surface area (Å²) in [7, 11) is 0. The number of carbonyl (C=O) groups is 2. The van der Waals surface area contributed by atoms with E-state index in [4.69, 9.17) is 0 Å². The second kappa shape index (κ2) is 10.2. The minimum atomic E-state index is -0.224. The van der Waals surface area contributed by atoms with Gasteiger partial charge in [0.05, 0.1) is 17.4 Å². The van der Waals surface area contributed by atoms with Crippen LogP contribution in [0.15, 0.2) is 53.3 Å². The maximum Gasteiger partial charge on any atom is 0.258 e. The van der Waals surface area contributed by atoms with Gasteiger partial charge >= 0.3 is 0 Å². The lowest BCUT2D eigenvalue weighted by Crippen LogP contribution is -2.37. The molecule has 162 valence electrons. The number of benzene rings is 2. The first-order chi connectivity index (χ1) is 14.9. The molecule has 0 aliphatic rings. The van der Waals surface area contributed by atoms with Crippen LogP contribution in [0.1, 0.15) is 61.8 Å². The Labute approximate surface area is 182 Å². The molecule has 0 aliphatic carbocycles. The summed E-state index contributed by atoms with van der Waals surface area (Å²) in [6.07, 6.45) is 2.31. The maximum atomic E-state index is 12.9. The van der Waals surface area contributed by atoms with E-state index in [1.807, 2.05) is 44.2 Å². The largest absolute Gasteiger partial charge is 0.333 e. The SMILES string of the molecule is CCCc1ccc(C(=O)CCC(=O)N(Cc2nc3ccccc3c(=O)[nH]2)C(C)C)cc1. The van der Waals surface area contributed by atoms with Crippen LogP contribution < -0.4 is 5.56 Å². The number of aromatic amines is 1. The fraction of sp³-hybridized carbons (Fsp3) is 0.360. The Morgan fingerprint density at radius 2 is 1.74 bits per heavy atom. The quantitative estimate of drug-likeness (QED) is 0.525. The number of H-pyrrole nitrogens is 1. The van der Waals surface area contributed by atoms with Crippen molar-refractivity contribution in [3.8, 4) is 0 Å². The van der Waals surface area contributed by atoms with Gasteiger partial charge in [0.1, 0.15) is 5.82 Å². The van der Waals surface area contributed by atoms with Gasteiger partial charge in [-0.3, -0.25) is 14.4 Å². The van der Waals surface area contributed by atoms with Gasteiger partial charge in [-0.1, -0.05) is 49.7 Å². The van der Waals surface area contributed by atoms with Crippen LogP contribution >= 0.6 is 0 Å². The van der Waals surface area contributed by atoms with Crippen molar-refractivity contribution in [2.75, 3.05) is 0 Å². The van der Waals surface area contributed by atoms with Crippen LogP contribution in [0.2, 0.25) is 0 Å². The molecule has 0 saturated carbocycles. The zero-order valence-corrected chi connectivity index (χ0v) is 18.4. The number of rotatable bonds is 9. The standard InChI is InChI=1S/C25H29N3O3/c1-4-7-18-10-12-19(13-11-18)22(29)14-15-24(30)28(17(2)3)16-23-26-21-9-6-5-8-20(21)25(31)27-23/h5-6,8-13,17H,4,7,14-16H2,1-3H3,(H,26,27,31). The topological polar surface area (TPSA) is 83.1 Å². The Morgan fingerprint density at radius 1 is 1.03 bits per heavy atom. The molecule has 1 amide bonds. The highest BCUT2D eigenvalue weighted by molar-refractivity contribution is 5.98. The molecule has 0 unspecified atom stereocenters. The van der Waals surface area contributed by atoms with Gasteiger partial charge in [-0.25, -0.2) is 4.98 Å². The van der Waals surface area contributed by atoms with E-state index in [1.54, 1.807) is 23.1 Å². The van der Waals surface area contributed by atoms with Crippen molar-refractivity contribution in [2.24, 2.45) is 0 Å². The molecule has 1 aromatic heterocycles. The third-order valence-corrected chi connectivity index (χ3v) is 5.31. The highest BCUT2D eigenvalue weighted by Gasteiger charge is 2.20. The van der Waals surface area contributed by atoms with E-state index in [0.29, 0.717) is 22.3 Å². The van der Waals surface area contributed by atoms with Gasteiger partial charge in [-0.05, 0) is 38.0 Å². The van der Waals surface area contributed by atoms with Crippen molar-refractivity contribution in [2.45, 2.75) is 59.0 Å². The van der Waals surface area contributed by atoms with Crippen molar-refractivity contribution in [3.63, 3.8) is 0 Å². The van der Waals surface area contributed by atoms with E-state index < -0.39 is 0 Å². The predicted octanol–water partition coefficient (Wildman–Crippen LogP) is 4.28. The first kappa shape index (κ1) is 22.4. The fourth-order valence-corrected chi connectivity index (χ4v) is 3.58. The van der Waals surface area contributed by atoms with E-state index >= 15 is 0 Å². The Bertz CT molecular complexity index is 1120. The number of aromatic nitrogens is 2. The summed E-state index contributed by atoms with van der Waals surface area (Å²) in [5, 5.41) is 0.518. The normalized spacial score (nSPS) is 11.1. The highest BCUT2D eigenvalue weighted by atomic mass is 16.2. The van der Waals surface area contributed by atoms with Crippen LogP contribution in [-0.4, -0.2) is 32.6 Å². The van der Waals surface area contributed by atoms with Crippen LogP contribution in [-0.2, 0) is 17.8 Å². The first-order valence-electron chi connectivity index (χ1n) is 10.8. The molecule has 6 heteroatoms. The number of nitrogens with zero attached hydrogens (tertiary/aromatic N) is 2. The Kier molecular flexibility index (Phi) is 7.34. The second-order valence-corrected chi connectivity index (χ2v) is 8.02. The van der Waals surface area contributed by atoms with Crippen molar-refractivity contribution in [3.05, 3.63) is 75.8 Å². The first-order valence-corrected chi connectivity index (χ1v) is 10.8. The number of fused-ring (bicyclic) bond motifs is 1. The minimum Gasteiger partial charge on any atom is -0.333 e. The minimum absolute atomic E-state index is 0.0441. The maximum absolute atomic E-state index is 12.9. The third kappa shape index (κ3) is 5.66. The Morgan fingerprint density at radius 3 is 2.42 bits per heavy atom. The summed E-state index contributed by atoms with van der Waals surface area (Å²) in [5.41, 5.74) is 2.21. The zero-order valence-electron chi connectivity index (χ0n) is 18.4. The van der Waals surface area contributed by atoms with Gasteiger partial charge in [0, 0.05) is 24.4 Å². The van der Waals surface area contributed by atoms with Crippen molar-refractivity contribution < 1.29 is 9.59 Å². The summed E-state index contributed by atoms with van der Waals surface area (Å²) in [6.45, 7) is 6.13. The van der Waals surface area contributed by atoms with Crippen molar-refractivity contribution in [1.29, 1.82) is 0 Å². The van der Waals surface area contributed by atoms with Crippen LogP contribution in [0, 0.1) is 0 Å². The van der Waals surface area contributed by atoms with Crippen LogP contribution in [0.4, 0.5) is 0 Å². The molecule has 2 aromatic carbocycles. The van der Waals surface area contributed by atoms with Crippen LogP contribution in [0.3, 0.4) is 0 Å². The van der Waals surface area contributed by atoms with Gasteiger partial charge in [-0.15, -0.1) is 0 Å². The molecular weight excluding hydrogens is 390 g/mol. The molecular formula is C25H29N3O3. The van der Waals surface area contributed by atoms with Crippen molar-refractivity contribution >= 4 is 22.6 Å². The van der Waals surface area contributed by atoms with Crippen LogP contribution in [0.25, 0.3) is 10.9 Å². The van der Waals surface area contributed by atoms with Gasteiger partial charge in [-0.2, -0.15) is 0 Å². The Balaban J connectivity index is 1.66. The molecule has 0 saturated heterocycles. The zero-order chi connectivity index (χ0) is 22.4. The molecule has 6 nitrogen and oxygen atoms in total. The molecule has 0 aliphatic heterocycles. The van der Waals surface area contributed by atoms with Crippen molar-refractivity contribution in [1.82, 2.24) is 14.9 Å². The summed E-state index contributed by atoms with van der Waals surface area (Å²) in [6, 6.07) is 14.6. The number of Topliss-reactive ketones (excluding diaryl/α,β-unsaturated/α-hetero) is 1. The van der Waals surface area contributed by atoms with Gasteiger partial charge < -0.3 is 9.88 Å². The third-order valence-electron chi connectivity index (χ3n) is 5.31. The number of nitrogens with one attached hydrogen (secondary N) is 1. The molecule has 3 aromatic rings. The molecule has 1 heterocycles. The number of para-hydroxylation sites is 1. The van der Waals surface area contributed by atoms with E-state index in [2.05, 4.69) is 16.9 Å². The molecule has 0 bridgehead atoms. The Hall–Kier alpha value is -3.28. The van der Waals surface area contributed by atoms with Gasteiger partial charge in [0.15, 0.2) is 5.78 Å². The number of amides is 1. The summed E-state index contributed by atoms with van der Waals surface area (Å²) < 4.78 is 0. The van der Waals surface area contributed by atoms with E-state index in [0.717, 1.165) is 12.8 Å². The molecule has 1 N–H and O–H groups in total. The van der Waals surface area contributed by atoms with Gasteiger partial charge in [0.25, 0.3) is 5.56 Å². The monoisotopic (exact) mass is 419 g/mol. The van der Waals surface area contributed by atoms with E-state index in [1.165, 1.54) is 5.56 Å². The van der Waals surface area contributed by atoms with E-state index in [-0.39, 0.29) is 42.7 Å². The smallest absolute Gasteiger partial charge is 0.258 e. The molecule has 0 radical (unpaired) electrons. The molecule has 0 spiro atoms. The molecule has 0 atom stereocenters. The molecule has 3 rings (SSSR count). The number of hydrogen-bond donors (Lipinski definition) is 1. The lowest BCUT2D eigenvalue weighted by atomic mass is 10.0. The van der Waals surface area contributed by atoms with Gasteiger partial charge in [0.2, 0.25) is 5.91 Å². The summed E-state index contributed by atoms with van der Waals surface area (Å²) in [5.74, 6) is 0.252. The number of aryl methyl sites for hydroxylation is 1. The molecule has 0 fully saturated rings. The predicted molar refractivity (Wildman–Crippen MR) is 122 cm³/mol. The lowest BCUT2D eigenvalue weighted by Gasteiger charge is -2.26. The summed E-state index contributed by atoms with van der Waals surface area (Å²) >= 11 is 0. The highest BCUT2D eigenvalue weighted by Crippen LogP contribution is 2.14. The number of carbonyl (C=O) groups excluding carboxylic acids is 2. The van der Waals surface area contributed by atoms with E-state index in [9.17, 15) is 14.4 Å². The number of hydrogen-bond acceptors (Lipinski definition) is 4. The average Bonchev–Trinajstić information content (AvgIpc) is 2.76. The lowest BCUT2D eigenvalue weighted by molar-refractivity contribution is -0.133. The average molecular weight is 420 g/mol. The van der Waals surface area contributed by atoms with Crippen LogP contribution in [0.5, 0.6) is 0 Å². The summed E-state index contributed by atoms with van der Waals surface area (Å²) in [4.78, 5) is 46.6.